The van der Waals surface area contributed by atoms with Gasteiger partial charge in [0, 0.05) is 16.7 Å². The predicted molar refractivity (Wildman–Crippen MR) is 84.1 cm³/mol. The van der Waals surface area contributed by atoms with Crippen molar-refractivity contribution >= 4 is 34.2 Å². The van der Waals surface area contributed by atoms with Crippen LogP contribution in [0.5, 0.6) is 0 Å². The standard InChI is InChI=1S/C14H18IN3O/c15-12-3-1-2-4-13(12)17-14(19)9-18-7-10-5-16-6-11(10)8-18/h1-4,10-11,16H,5-9H2,(H,17,19)/t10-,11+. The number of halogens is 1. The lowest BCUT2D eigenvalue weighted by Gasteiger charge is -2.16. The molecule has 0 radical (unpaired) electrons. The monoisotopic (exact) mass is 371 g/mol. The Hall–Kier alpha value is -0.660. The topological polar surface area (TPSA) is 44.4 Å². The maximum absolute atomic E-state index is 12.1. The Bertz CT molecular complexity index is 468. The molecule has 102 valence electrons. The summed E-state index contributed by atoms with van der Waals surface area (Å²) in [6, 6.07) is 7.88. The number of nitrogens with zero attached hydrogens (tertiary/aromatic N) is 1. The van der Waals surface area contributed by atoms with Gasteiger partial charge in [-0.2, -0.15) is 0 Å². The average Bonchev–Trinajstić information content (AvgIpc) is 2.92. The van der Waals surface area contributed by atoms with Gasteiger partial charge in [0.25, 0.3) is 0 Å². The summed E-state index contributed by atoms with van der Waals surface area (Å²) in [6.45, 7) is 4.84. The lowest BCUT2D eigenvalue weighted by molar-refractivity contribution is -0.117. The molecule has 1 aromatic carbocycles. The van der Waals surface area contributed by atoms with Crippen molar-refractivity contribution in [1.29, 1.82) is 0 Å². The summed E-state index contributed by atoms with van der Waals surface area (Å²) in [4.78, 5) is 14.3. The molecule has 19 heavy (non-hydrogen) atoms. The molecule has 2 saturated heterocycles. The van der Waals surface area contributed by atoms with Crippen molar-refractivity contribution in [3.8, 4) is 0 Å². The van der Waals surface area contributed by atoms with Crippen LogP contribution in [0.1, 0.15) is 0 Å². The predicted octanol–water partition coefficient (Wildman–Crippen LogP) is 1.38. The van der Waals surface area contributed by atoms with Gasteiger partial charge in [0.2, 0.25) is 5.91 Å². The van der Waals surface area contributed by atoms with E-state index in [1.165, 1.54) is 0 Å². The number of anilines is 1. The van der Waals surface area contributed by atoms with Gasteiger partial charge in [0.15, 0.2) is 0 Å². The van der Waals surface area contributed by atoms with E-state index in [4.69, 9.17) is 0 Å². The van der Waals surface area contributed by atoms with Crippen LogP contribution >= 0.6 is 22.6 Å². The molecule has 0 spiro atoms. The zero-order valence-corrected chi connectivity index (χ0v) is 12.9. The molecule has 2 atom stereocenters. The van der Waals surface area contributed by atoms with Crippen molar-refractivity contribution < 1.29 is 4.79 Å². The van der Waals surface area contributed by atoms with Crippen molar-refractivity contribution in [1.82, 2.24) is 10.2 Å². The normalized spacial score (nSPS) is 26.4. The summed E-state index contributed by atoms with van der Waals surface area (Å²) in [5.41, 5.74) is 0.911. The lowest BCUT2D eigenvalue weighted by atomic mass is 10.0. The number of rotatable bonds is 3. The zero-order valence-electron chi connectivity index (χ0n) is 10.7. The molecule has 2 aliphatic rings. The second-order valence-corrected chi connectivity index (χ2v) is 6.56. The molecule has 2 heterocycles. The van der Waals surface area contributed by atoms with Crippen LogP contribution in [0.4, 0.5) is 5.69 Å². The van der Waals surface area contributed by atoms with Crippen molar-refractivity contribution in [2.45, 2.75) is 0 Å². The summed E-state index contributed by atoms with van der Waals surface area (Å²) in [6.07, 6.45) is 0. The van der Waals surface area contributed by atoms with E-state index in [1.807, 2.05) is 24.3 Å². The number of fused-ring (bicyclic) bond motifs is 1. The van der Waals surface area contributed by atoms with Crippen LogP contribution in [-0.2, 0) is 4.79 Å². The Morgan fingerprint density at radius 1 is 1.32 bits per heavy atom. The number of benzene rings is 1. The smallest absolute Gasteiger partial charge is 0.238 e. The average molecular weight is 371 g/mol. The molecule has 0 aliphatic carbocycles. The Morgan fingerprint density at radius 3 is 2.68 bits per heavy atom. The van der Waals surface area contributed by atoms with Crippen LogP contribution in [0, 0.1) is 15.4 Å². The molecule has 3 rings (SSSR count). The second-order valence-electron chi connectivity index (χ2n) is 5.40. The highest BCUT2D eigenvalue weighted by atomic mass is 127. The van der Waals surface area contributed by atoms with Crippen LogP contribution < -0.4 is 10.6 Å². The Labute approximate surface area is 127 Å². The number of carbonyl (C=O) groups is 1. The molecule has 1 amide bonds. The first-order valence-electron chi connectivity index (χ1n) is 6.70. The number of amides is 1. The van der Waals surface area contributed by atoms with Crippen molar-refractivity contribution in [3.63, 3.8) is 0 Å². The first kappa shape index (κ1) is 13.3. The van der Waals surface area contributed by atoms with Crippen molar-refractivity contribution in [2.24, 2.45) is 11.8 Å². The number of hydrogen-bond donors (Lipinski definition) is 2. The van der Waals surface area contributed by atoms with Gasteiger partial charge in [-0.1, -0.05) is 12.1 Å². The molecular formula is C14H18IN3O. The Kier molecular flexibility index (Phi) is 4.04. The van der Waals surface area contributed by atoms with E-state index in [1.54, 1.807) is 0 Å². The number of para-hydroxylation sites is 1. The first-order chi connectivity index (χ1) is 9.22. The van der Waals surface area contributed by atoms with Crippen molar-refractivity contribution in [2.75, 3.05) is 38.0 Å². The summed E-state index contributed by atoms with van der Waals surface area (Å²) in [7, 11) is 0. The largest absolute Gasteiger partial charge is 0.324 e. The molecular weight excluding hydrogens is 353 g/mol. The summed E-state index contributed by atoms with van der Waals surface area (Å²) >= 11 is 2.24. The van der Waals surface area contributed by atoms with E-state index >= 15 is 0 Å². The van der Waals surface area contributed by atoms with Gasteiger partial charge in [-0.3, -0.25) is 9.69 Å². The SMILES string of the molecule is O=C(CN1C[C@H]2CNC[C@H]2C1)Nc1ccccc1I. The van der Waals surface area contributed by atoms with Crippen LogP contribution in [0.3, 0.4) is 0 Å². The molecule has 0 unspecified atom stereocenters. The third-order valence-corrected chi connectivity index (χ3v) is 4.92. The fourth-order valence-electron chi connectivity index (χ4n) is 3.04. The third-order valence-electron chi connectivity index (χ3n) is 3.98. The summed E-state index contributed by atoms with van der Waals surface area (Å²) < 4.78 is 1.08. The fraction of sp³-hybridized carbons (Fsp3) is 0.500. The molecule has 1 aromatic rings. The molecule has 0 aromatic heterocycles. The maximum atomic E-state index is 12.1. The fourth-order valence-corrected chi connectivity index (χ4v) is 3.56. The van der Waals surface area contributed by atoms with Crippen molar-refractivity contribution in [3.05, 3.63) is 27.8 Å². The summed E-state index contributed by atoms with van der Waals surface area (Å²) in [5.74, 6) is 1.58. The van der Waals surface area contributed by atoms with Crippen LogP contribution in [-0.4, -0.2) is 43.5 Å². The number of nitrogens with one attached hydrogen (secondary N) is 2. The number of likely N-dealkylation sites (tertiary alicyclic amines) is 1. The quantitative estimate of drug-likeness (QED) is 0.790. The van der Waals surface area contributed by atoms with E-state index in [-0.39, 0.29) is 5.91 Å². The van der Waals surface area contributed by atoms with Gasteiger partial charge in [0.05, 0.1) is 12.2 Å². The van der Waals surface area contributed by atoms with Gasteiger partial charge in [-0.05, 0) is 59.6 Å². The second kappa shape index (κ2) is 5.76. The van der Waals surface area contributed by atoms with Gasteiger partial charge < -0.3 is 10.6 Å². The highest BCUT2D eigenvalue weighted by Gasteiger charge is 2.36. The third kappa shape index (κ3) is 3.09. The molecule has 2 fully saturated rings. The first-order valence-corrected chi connectivity index (χ1v) is 7.77. The van der Waals surface area contributed by atoms with Gasteiger partial charge in [-0.25, -0.2) is 0 Å². The Morgan fingerprint density at radius 2 is 2.00 bits per heavy atom. The van der Waals surface area contributed by atoms with Crippen LogP contribution in [0.25, 0.3) is 0 Å². The van der Waals surface area contributed by atoms with E-state index in [9.17, 15) is 4.79 Å². The minimum atomic E-state index is 0.0945. The molecule has 2 N–H and O–H groups in total. The molecule has 5 heteroatoms. The zero-order chi connectivity index (χ0) is 13.2. The van der Waals surface area contributed by atoms with E-state index in [0.717, 1.165) is 47.3 Å². The number of hydrogen-bond acceptors (Lipinski definition) is 3. The van der Waals surface area contributed by atoms with E-state index in [2.05, 4.69) is 38.1 Å². The van der Waals surface area contributed by atoms with E-state index in [0.29, 0.717) is 6.54 Å². The minimum Gasteiger partial charge on any atom is -0.324 e. The van der Waals surface area contributed by atoms with Gasteiger partial charge >= 0.3 is 0 Å². The summed E-state index contributed by atoms with van der Waals surface area (Å²) in [5, 5.41) is 6.42. The molecule has 0 saturated carbocycles. The number of carbonyl (C=O) groups excluding carboxylic acids is 1. The van der Waals surface area contributed by atoms with Gasteiger partial charge in [-0.15, -0.1) is 0 Å². The maximum Gasteiger partial charge on any atom is 0.238 e. The van der Waals surface area contributed by atoms with E-state index < -0.39 is 0 Å². The molecule has 4 nitrogen and oxygen atoms in total. The van der Waals surface area contributed by atoms with Crippen LogP contribution in [0.15, 0.2) is 24.3 Å². The minimum absolute atomic E-state index is 0.0945. The molecule has 2 aliphatic heterocycles. The highest BCUT2D eigenvalue weighted by molar-refractivity contribution is 14.1. The van der Waals surface area contributed by atoms with Crippen LogP contribution in [0.2, 0.25) is 0 Å². The van der Waals surface area contributed by atoms with Gasteiger partial charge in [0.1, 0.15) is 0 Å². The highest BCUT2D eigenvalue weighted by Crippen LogP contribution is 2.26. The molecule has 0 bridgehead atoms. The Balaban J connectivity index is 1.53. The lowest BCUT2D eigenvalue weighted by Crippen LogP contribution is -2.33.